The van der Waals surface area contributed by atoms with E-state index in [1.54, 1.807) is 12.1 Å². The molecule has 0 aromatic heterocycles. The molecule has 1 aromatic carbocycles. The molecule has 0 bridgehead atoms. The van der Waals surface area contributed by atoms with Crippen LogP contribution in [0, 0.1) is 0 Å². The van der Waals surface area contributed by atoms with E-state index in [1.165, 1.54) is 6.92 Å². The van der Waals surface area contributed by atoms with Crippen LogP contribution in [0.3, 0.4) is 0 Å². The summed E-state index contributed by atoms with van der Waals surface area (Å²) < 4.78 is 0.885. The third kappa shape index (κ3) is 3.16. The van der Waals surface area contributed by atoms with E-state index >= 15 is 0 Å². The number of amides is 1. The summed E-state index contributed by atoms with van der Waals surface area (Å²) in [6, 6.07) is 7.19. The van der Waals surface area contributed by atoms with Crippen LogP contribution in [0.1, 0.15) is 6.92 Å². The van der Waals surface area contributed by atoms with Gasteiger partial charge in [-0.15, -0.1) is 0 Å². The molecular formula is C9H10BrNO2. The van der Waals surface area contributed by atoms with Gasteiger partial charge in [-0.25, -0.2) is 0 Å². The van der Waals surface area contributed by atoms with Crippen LogP contribution >= 0.6 is 15.9 Å². The van der Waals surface area contributed by atoms with Crippen LogP contribution in [0.15, 0.2) is 28.7 Å². The summed E-state index contributed by atoms with van der Waals surface area (Å²) in [5.74, 6) is -0.405. The van der Waals surface area contributed by atoms with Gasteiger partial charge in [0, 0.05) is 10.2 Å². The lowest BCUT2D eigenvalue weighted by Crippen LogP contribution is -2.24. The minimum absolute atomic E-state index is 0.405. The van der Waals surface area contributed by atoms with Crippen molar-refractivity contribution in [3.63, 3.8) is 0 Å². The average Bonchev–Trinajstić information content (AvgIpc) is 2.04. The van der Waals surface area contributed by atoms with E-state index in [0.29, 0.717) is 5.69 Å². The highest BCUT2D eigenvalue weighted by molar-refractivity contribution is 9.10. The number of carbonyl (C=O) groups excluding carboxylic acids is 1. The number of anilines is 1. The molecular weight excluding hydrogens is 234 g/mol. The van der Waals surface area contributed by atoms with Gasteiger partial charge in [-0.2, -0.15) is 0 Å². The molecule has 0 saturated heterocycles. The zero-order valence-electron chi connectivity index (χ0n) is 7.12. The Labute approximate surface area is 84.9 Å². The van der Waals surface area contributed by atoms with E-state index in [0.717, 1.165) is 4.47 Å². The molecule has 3 nitrogen and oxygen atoms in total. The van der Waals surface area contributed by atoms with Gasteiger partial charge >= 0.3 is 0 Å². The van der Waals surface area contributed by atoms with E-state index in [4.69, 9.17) is 5.11 Å². The normalized spacial score (nSPS) is 12.2. The Balaban J connectivity index is 2.69. The molecule has 0 aliphatic rings. The van der Waals surface area contributed by atoms with Gasteiger partial charge in [0.25, 0.3) is 5.91 Å². The first-order valence-electron chi connectivity index (χ1n) is 3.84. The van der Waals surface area contributed by atoms with Gasteiger partial charge in [-0.1, -0.05) is 22.0 Å². The quantitative estimate of drug-likeness (QED) is 0.832. The highest BCUT2D eigenvalue weighted by Gasteiger charge is 2.07. The summed E-state index contributed by atoms with van der Waals surface area (Å²) in [5.41, 5.74) is 0.667. The Hall–Kier alpha value is -0.870. The molecule has 1 atom stereocenters. The van der Waals surface area contributed by atoms with Crippen LogP contribution in [0.5, 0.6) is 0 Å². The molecule has 1 unspecified atom stereocenters. The second-order valence-electron chi connectivity index (χ2n) is 2.68. The third-order valence-electron chi connectivity index (χ3n) is 1.47. The first kappa shape index (κ1) is 10.2. The molecule has 0 radical (unpaired) electrons. The van der Waals surface area contributed by atoms with Crippen molar-refractivity contribution in [1.82, 2.24) is 0 Å². The fourth-order valence-electron chi connectivity index (χ4n) is 0.813. The van der Waals surface area contributed by atoms with E-state index in [9.17, 15) is 4.79 Å². The molecule has 1 aromatic rings. The predicted octanol–water partition coefficient (Wildman–Crippen LogP) is 1.77. The van der Waals surface area contributed by atoms with Crippen molar-refractivity contribution in [2.24, 2.45) is 0 Å². The van der Waals surface area contributed by atoms with Crippen molar-refractivity contribution >= 4 is 27.5 Å². The maximum atomic E-state index is 11.0. The Bertz CT molecular complexity index is 312. The Morgan fingerprint density at radius 3 is 2.85 bits per heavy atom. The van der Waals surface area contributed by atoms with Gasteiger partial charge in [-0.3, -0.25) is 4.79 Å². The Morgan fingerprint density at radius 1 is 1.62 bits per heavy atom. The summed E-state index contributed by atoms with van der Waals surface area (Å²) in [6.45, 7) is 1.42. The zero-order valence-corrected chi connectivity index (χ0v) is 8.71. The number of hydrogen-bond donors (Lipinski definition) is 2. The van der Waals surface area contributed by atoms with Crippen LogP contribution in [0.25, 0.3) is 0 Å². The fraction of sp³-hybridized carbons (Fsp3) is 0.222. The second kappa shape index (κ2) is 4.39. The van der Waals surface area contributed by atoms with Gasteiger partial charge in [0.2, 0.25) is 0 Å². The van der Waals surface area contributed by atoms with Crippen molar-refractivity contribution in [3.05, 3.63) is 28.7 Å². The molecule has 0 spiro atoms. The molecule has 0 aliphatic heterocycles. The molecule has 0 fully saturated rings. The summed E-state index contributed by atoms with van der Waals surface area (Å²) in [6.07, 6.45) is -0.987. The zero-order chi connectivity index (χ0) is 9.84. The van der Waals surface area contributed by atoms with Crippen molar-refractivity contribution in [1.29, 1.82) is 0 Å². The molecule has 0 saturated carbocycles. The smallest absolute Gasteiger partial charge is 0.252 e. The minimum atomic E-state index is -0.987. The van der Waals surface area contributed by atoms with Crippen LogP contribution in [-0.4, -0.2) is 17.1 Å². The Morgan fingerprint density at radius 2 is 2.31 bits per heavy atom. The largest absolute Gasteiger partial charge is 0.384 e. The van der Waals surface area contributed by atoms with Gasteiger partial charge in [0.1, 0.15) is 6.10 Å². The molecule has 0 heterocycles. The predicted molar refractivity (Wildman–Crippen MR) is 54.5 cm³/mol. The summed E-state index contributed by atoms with van der Waals surface area (Å²) in [4.78, 5) is 11.0. The van der Waals surface area contributed by atoms with E-state index in [2.05, 4.69) is 21.2 Å². The lowest BCUT2D eigenvalue weighted by atomic mass is 10.3. The summed E-state index contributed by atoms with van der Waals surface area (Å²) >= 11 is 3.28. The molecule has 1 rings (SSSR count). The SMILES string of the molecule is CC(O)C(=O)Nc1cccc(Br)c1. The molecule has 70 valence electrons. The molecule has 0 aliphatic carbocycles. The first-order chi connectivity index (χ1) is 6.09. The number of benzene rings is 1. The summed E-state index contributed by atoms with van der Waals surface area (Å²) in [7, 11) is 0. The standard InChI is InChI=1S/C9H10BrNO2/c1-6(12)9(13)11-8-4-2-3-7(10)5-8/h2-6,12H,1H3,(H,11,13). The van der Waals surface area contributed by atoms with E-state index in [-0.39, 0.29) is 0 Å². The lowest BCUT2D eigenvalue weighted by molar-refractivity contribution is -0.123. The van der Waals surface area contributed by atoms with Crippen molar-refractivity contribution in [2.75, 3.05) is 5.32 Å². The second-order valence-corrected chi connectivity index (χ2v) is 3.59. The number of hydrogen-bond acceptors (Lipinski definition) is 2. The number of aliphatic hydroxyl groups is 1. The monoisotopic (exact) mass is 243 g/mol. The molecule has 2 N–H and O–H groups in total. The van der Waals surface area contributed by atoms with Gasteiger partial charge < -0.3 is 10.4 Å². The van der Waals surface area contributed by atoms with Crippen LogP contribution in [0.2, 0.25) is 0 Å². The highest BCUT2D eigenvalue weighted by atomic mass is 79.9. The van der Waals surface area contributed by atoms with E-state index in [1.807, 2.05) is 12.1 Å². The van der Waals surface area contributed by atoms with E-state index < -0.39 is 12.0 Å². The highest BCUT2D eigenvalue weighted by Crippen LogP contribution is 2.15. The molecule has 1 amide bonds. The Kier molecular flexibility index (Phi) is 3.45. The number of rotatable bonds is 2. The lowest BCUT2D eigenvalue weighted by Gasteiger charge is -2.06. The topological polar surface area (TPSA) is 49.3 Å². The molecule has 4 heteroatoms. The number of halogens is 1. The summed E-state index contributed by atoms with van der Waals surface area (Å²) in [5, 5.41) is 11.5. The molecule has 13 heavy (non-hydrogen) atoms. The van der Waals surface area contributed by atoms with Crippen LogP contribution in [0.4, 0.5) is 5.69 Å². The number of carbonyl (C=O) groups is 1. The third-order valence-corrected chi connectivity index (χ3v) is 1.96. The van der Waals surface area contributed by atoms with Gasteiger partial charge in [-0.05, 0) is 25.1 Å². The van der Waals surface area contributed by atoms with Crippen molar-refractivity contribution in [3.8, 4) is 0 Å². The fourth-order valence-corrected chi connectivity index (χ4v) is 1.21. The number of nitrogens with one attached hydrogen (secondary N) is 1. The van der Waals surface area contributed by atoms with Crippen LogP contribution in [-0.2, 0) is 4.79 Å². The van der Waals surface area contributed by atoms with Crippen molar-refractivity contribution < 1.29 is 9.90 Å². The van der Waals surface area contributed by atoms with Crippen molar-refractivity contribution in [2.45, 2.75) is 13.0 Å². The minimum Gasteiger partial charge on any atom is -0.384 e. The maximum absolute atomic E-state index is 11.0. The first-order valence-corrected chi connectivity index (χ1v) is 4.63. The van der Waals surface area contributed by atoms with Gasteiger partial charge in [0.15, 0.2) is 0 Å². The maximum Gasteiger partial charge on any atom is 0.252 e. The van der Waals surface area contributed by atoms with Crippen LogP contribution < -0.4 is 5.32 Å². The van der Waals surface area contributed by atoms with Gasteiger partial charge in [0.05, 0.1) is 0 Å². The average molecular weight is 244 g/mol. The number of aliphatic hydroxyl groups excluding tert-OH is 1.